The SMILES string of the molecule is O=[N+]([O-])c1ccc(N2CCCC(CN3CCOCC3)C2)c(Cl)c1. The third-order valence-corrected chi connectivity index (χ3v) is 4.92. The van der Waals surface area contributed by atoms with Gasteiger partial charge in [-0.15, -0.1) is 0 Å². The van der Waals surface area contributed by atoms with Gasteiger partial charge in [-0.3, -0.25) is 15.0 Å². The Hall–Kier alpha value is -1.37. The fourth-order valence-corrected chi connectivity index (χ4v) is 3.74. The van der Waals surface area contributed by atoms with Gasteiger partial charge in [-0.25, -0.2) is 0 Å². The van der Waals surface area contributed by atoms with Crippen molar-refractivity contribution in [3.8, 4) is 0 Å². The maximum atomic E-state index is 10.8. The van der Waals surface area contributed by atoms with Gasteiger partial charge in [0.05, 0.1) is 28.8 Å². The number of nitro groups is 1. The molecule has 0 amide bonds. The first-order valence-corrected chi connectivity index (χ1v) is 8.50. The van der Waals surface area contributed by atoms with Crippen molar-refractivity contribution in [2.24, 2.45) is 5.92 Å². The topological polar surface area (TPSA) is 58.9 Å². The molecule has 0 aliphatic carbocycles. The highest BCUT2D eigenvalue weighted by atomic mass is 35.5. The van der Waals surface area contributed by atoms with E-state index in [1.807, 2.05) is 0 Å². The maximum absolute atomic E-state index is 10.8. The zero-order chi connectivity index (χ0) is 16.2. The fourth-order valence-electron chi connectivity index (χ4n) is 3.45. The van der Waals surface area contributed by atoms with Gasteiger partial charge in [0, 0.05) is 44.9 Å². The lowest BCUT2D eigenvalue weighted by molar-refractivity contribution is -0.384. The summed E-state index contributed by atoms with van der Waals surface area (Å²) in [4.78, 5) is 15.2. The first kappa shape index (κ1) is 16.5. The number of ether oxygens (including phenoxy) is 1. The fraction of sp³-hybridized carbons (Fsp3) is 0.625. The molecule has 1 aromatic carbocycles. The molecule has 0 N–H and O–H groups in total. The van der Waals surface area contributed by atoms with E-state index in [1.54, 1.807) is 6.07 Å². The van der Waals surface area contributed by atoms with Gasteiger partial charge in [0.2, 0.25) is 0 Å². The Kier molecular flexibility index (Phi) is 5.35. The lowest BCUT2D eigenvalue weighted by Gasteiger charge is -2.38. The van der Waals surface area contributed by atoms with Crippen LogP contribution in [0.3, 0.4) is 0 Å². The predicted octanol–water partition coefficient (Wildman–Crippen LogP) is 2.80. The molecule has 0 saturated carbocycles. The van der Waals surface area contributed by atoms with Gasteiger partial charge in [-0.2, -0.15) is 0 Å². The van der Waals surface area contributed by atoms with Gasteiger partial charge in [0.15, 0.2) is 0 Å². The summed E-state index contributed by atoms with van der Waals surface area (Å²) in [5.74, 6) is 0.605. The van der Waals surface area contributed by atoms with Gasteiger partial charge in [-0.05, 0) is 24.8 Å². The lowest BCUT2D eigenvalue weighted by atomic mass is 9.96. The van der Waals surface area contributed by atoms with Crippen LogP contribution >= 0.6 is 11.6 Å². The molecule has 2 aliphatic rings. The molecule has 1 unspecified atom stereocenters. The van der Waals surface area contributed by atoms with E-state index in [1.165, 1.54) is 18.6 Å². The van der Waals surface area contributed by atoms with Crippen LogP contribution in [-0.2, 0) is 4.74 Å². The standard InChI is InChI=1S/C16H22ClN3O3/c17-15-10-14(20(21)22)3-4-16(15)19-5-1-2-13(12-19)11-18-6-8-23-9-7-18/h3-4,10,13H,1-2,5-9,11-12H2. The summed E-state index contributed by atoms with van der Waals surface area (Å²) < 4.78 is 5.40. The van der Waals surface area contributed by atoms with Crippen molar-refractivity contribution in [3.05, 3.63) is 33.3 Å². The number of piperidine rings is 1. The van der Waals surface area contributed by atoms with Gasteiger partial charge in [-0.1, -0.05) is 11.6 Å². The van der Waals surface area contributed by atoms with Gasteiger partial charge < -0.3 is 9.64 Å². The van der Waals surface area contributed by atoms with Crippen molar-refractivity contribution < 1.29 is 9.66 Å². The Bertz CT molecular complexity index is 564. The molecule has 2 fully saturated rings. The summed E-state index contributed by atoms with van der Waals surface area (Å²) in [6.45, 7) is 6.66. The Balaban J connectivity index is 1.64. The third kappa shape index (κ3) is 4.13. The minimum atomic E-state index is -0.410. The number of non-ortho nitro benzene ring substituents is 1. The summed E-state index contributed by atoms with van der Waals surface area (Å²) >= 11 is 6.27. The number of hydrogen-bond acceptors (Lipinski definition) is 5. The van der Waals surface area contributed by atoms with Crippen LogP contribution in [0.25, 0.3) is 0 Å². The van der Waals surface area contributed by atoms with Crippen molar-refractivity contribution in [1.82, 2.24) is 4.90 Å². The molecule has 2 heterocycles. The van der Waals surface area contributed by atoms with Crippen LogP contribution in [0.4, 0.5) is 11.4 Å². The van der Waals surface area contributed by atoms with E-state index in [4.69, 9.17) is 16.3 Å². The molecule has 0 radical (unpaired) electrons. The summed E-state index contributed by atoms with van der Waals surface area (Å²) in [6.07, 6.45) is 2.35. The molecule has 3 rings (SSSR count). The molecular formula is C16H22ClN3O3. The van der Waals surface area contributed by atoms with Crippen LogP contribution in [0, 0.1) is 16.0 Å². The Morgan fingerprint density at radius 2 is 2.09 bits per heavy atom. The number of anilines is 1. The zero-order valence-corrected chi connectivity index (χ0v) is 13.9. The molecule has 1 atom stereocenters. The Morgan fingerprint density at radius 3 is 2.78 bits per heavy atom. The maximum Gasteiger partial charge on any atom is 0.271 e. The first-order chi connectivity index (χ1) is 11.1. The number of benzene rings is 1. The van der Waals surface area contributed by atoms with E-state index in [0.29, 0.717) is 10.9 Å². The average Bonchev–Trinajstić information content (AvgIpc) is 2.56. The quantitative estimate of drug-likeness (QED) is 0.623. The summed E-state index contributed by atoms with van der Waals surface area (Å²) in [7, 11) is 0. The molecule has 2 aliphatic heterocycles. The van der Waals surface area contributed by atoms with Gasteiger partial charge in [0.1, 0.15) is 0 Å². The van der Waals surface area contributed by atoms with E-state index >= 15 is 0 Å². The second-order valence-corrected chi connectivity index (χ2v) is 6.67. The predicted molar refractivity (Wildman–Crippen MR) is 90.3 cm³/mol. The van der Waals surface area contributed by atoms with Crippen molar-refractivity contribution in [3.63, 3.8) is 0 Å². The molecule has 1 aromatic rings. The number of halogens is 1. The Morgan fingerprint density at radius 1 is 1.30 bits per heavy atom. The van der Waals surface area contributed by atoms with Gasteiger partial charge in [0.25, 0.3) is 5.69 Å². The minimum Gasteiger partial charge on any atom is -0.379 e. The molecule has 6 nitrogen and oxygen atoms in total. The van der Waals surface area contributed by atoms with Crippen molar-refractivity contribution in [1.29, 1.82) is 0 Å². The Labute approximate surface area is 141 Å². The monoisotopic (exact) mass is 339 g/mol. The molecule has 0 aromatic heterocycles. The van der Waals surface area contributed by atoms with E-state index in [-0.39, 0.29) is 5.69 Å². The number of hydrogen-bond donors (Lipinski definition) is 0. The van der Waals surface area contributed by atoms with E-state index in [0.717, 1.165) is 58.0 Å². The highest BCUT2D eigenvalue weighted by Crippen LogP contribution is 2.32. The van der Waals surface area contributed by atoms with Crippen LogP contribution in [0.15, 0.2) is 18.2 Å². The number of nitrogens with zero attached hydrogens (tertiary/aromatic N) is 3. The molecular weight excluding hydrogens is 318 g/mol. The molecule has 126 valence electrons. The number of rotatable bonds is 4. The van der Waals surface area contributed by atoms with Crippen LogP contribution < -0.4 is 4.90 Å². The van der Waals surface area contributed by atoms with Crippen LogP contribution in [0.5, 0.6) is 0 Å². The second-order valence-electron chi connectivity index (χ2n) is 6.26. The zero-order valence-electron chi connectivity index (χ0n) is 13.1. The van der Waals surface area contributed by atoms with Crippen LogP contribution in [-0.4, -0.2) is 55.8 Å². The molecule has 0 bridgehead atoms. The van der Waals surface area contributed by atoms with Crippen molar-refractivity contribution in [2.75, 3.05) is 50.8 Å². The average molecular weight is 340 g/mol. The lowest BCUT2D eigenvalue weighted by Crippen LogP contribution is -2.44. The highest BCUT2D eigenvalue weighted by molar-refractivity contribution is 6.33. The van der Waals surface area contributed by atoms with Gasteiger partial charge >= 0.3 is 0 Å². The second kappa shape index (κ2) is 7.47. The molecule has 7 heteroatoms. The van der Waals surface area contributed by atoms with Crippen molar-refractivity contribution >= 4 is 23.0 Å². The summed E-state index contributed by atoms with van der Waals surface area (Å²) in [5, 5.41) is 11.3. The van der Waals surface area contributed by atoms with E-state index < -0.39 is 4.92 Å². The third-order valence-electron chi connectivity index (χ3n) is 4.62. The molecule has 2 saturated heterocycles. The van der Waals surface area contributed by atoms with E-state index in [2.05, 4.69) is 9.80 Å². The summed E-state index contributed by atoms with van der Waals surface area (Å²) in [5.41, 5.74) is 0.949. The highest BCUT2D eigenvalue weighted by Gasteiger charge is 2.25. The number of nitro benzene ring substituents is 1. The molecule has 0 spiro atoms. The number of morpholine rings is 1. The van der Waals surface area contributed by atoms with E-state index in [9.17, 15) is 10.1 Å². The largest absolute Gasteiger partial charge is 0.379 e. The van der Waals surface area contributed by atoms with Crippen LogP contribution in [0.1, 0.15) is 12.8 Å². The van der Waals surface area contributed by atoms with Crippen LogP contribution in [0.2, 0.25) is 5.02 Å². The normalized spacial score (nSPS) is 23.0. The summed E-state index contributed by atoms with van der Waals surface area (Å²) in [6, 6.07) is 4.76. The smallest absolute Gasteiger partial charge is 0.271 e. The molecule has 23 heavy (non-hydrogen) atoms. The first-order valence-electron chi connectivity index (χ1n) is 8.12. The van der Waals surface area contributed by atoms with Crippen molar-refractivity contribution in [2.45, 2.75) is 12.8 Å². The minimum absolute atomic E-state index is 0.0422.